The number of fused-ring (bicyclic) bond motifs is 1. The molecule has 2 heterocycles. The van der Waals surface area contributed by atoms with E-state index in [9.17, 15) is 14.4 Å². The van der Waals surface area contributed by atoms with Gasteiger partial charge < -0.3 is 14.6 Å². The fourth-order valence-electron chi connectivity index (χ4n) is 3.94. The lowest BCUT2D eigenvalue weighted by atomic mass is 9.97. The molecule has 0 bridgehead atoms. The number of anilines is 1. The monoisotopic (exact) mass is 402 g/mol. The zero-order valence-electron chi connectivity index (χ0n) is 16.4. The number of nitrogens with zero attached hydrogens (tertiary/aromatic N) is 1. The van der Waals surface area contributed by atoms with Crippen molar-refractivity contribution in [1.82, 2.24) is 4.98 Å². The molecular weight excluding hydrogens is 380 g/mol. The first-order valence-corrected chi connectivity index (χ1v) is 9.52. The normalized spacial score (nSPS) is 13.2. The van der Waals surface area contributed by atoms with Gasteiger partial charge in [0.25, 0.3) is 0 Å². The Morgan fingerprint density at radius 1 is 1.25 bits per heavy atom. The van der Waals surface area contributed by atoms with Crippen molar-refractivity contribution < 1.29 is 19.1 Å². The van der Waals surface area contributed by atoms with Crippen molar-refractivity contribution in [2.75, 3.05) is 18.6 Å². The number of aromatic amines is 1. The van der Waals surface area contributed by atoms with Gasteiger partial charge in [0.05, 0.1) is 24.8 Å². The Bertz CT molecular complexity index is 977. The summed E-state index contributed by atoms with van der Waals surface area (Å²) in [5, 5.41) is 0.657. The van der Waals surface area contributed by atoms with Gasteiger partial charge in [0, 0.05) is 29.9 Å². The van der Waals surface area contributed by atoms with Crippen molar-refractivity contribution in [2.24, 2.45) is 0 Å². The molecule has 0 radical (unpaired) electrons. The number of amides is 1. The molecule has 1 aliphatic heterocycles. The van der Waals surface area contributed by atoms with Crippen molar-refractivity contribution in [3.05, 3.63) is 50.8 Å². The van der Waals surface area contributed by atoms with Gasteiger partial charge in [0.1, 0.15) is 0 Å². The number of aryl methyl sites for hydroxylation is 2. The Morgan fingerprint density at radius 3 is 2.61 bits per heavy atom. The Kier molecular flexibility index (Phi) is 5.61. The number of aromatic nitrogens is 1. The molecule has 0 unspecified atom stereocenters. The van der Waals surface area contributed by atoms with E-state index in [-0.39, 0.29) is 23.7 Å². The third kappa shape index (κ3) is 3.56. The van der Waals surface area contributed by atoms with Gasteiger partial charge in [-0.2, -0.15) is 0 Å². The van der Waals surface area contributed by atoms with Crippen molar-refractivity contribution in [3.63, 3.8) is 0 Å². The summed E-state index contributed by atoms with van der Waals surface area (Å²) in [6.07, 6.45) is 1.68. The summed E-state index contributed by atoms with van der Waals surface area (Å²) >= 11 is 6.17. The van der Waals surface area contributed by atoms with Crippen molar-refractivity contribution in [1.29, 1.82) is 0 Å². The molecule has 1 amide bonds. The van der Waals surface area contributed by atoms with Gasteiger partial charge in [0.15, 0.2) is 5.78 Å². The van der Waals surface area contributed by atoms with Crippen molar-refractivity contribution in [2.45, 2.75) is 40.0 Å². The highest BCUT2D eigenvalue weighted by atomic mass is 35.5. The third-order valence-corrected chi connectivity index (χ3v) is 5.36. The molecule has 0 fully saturated rings. The average molecular weight is 403 g/mol. The number of hydrogen-bond donors (Lipinski definition) is 1. The molecule has 0 spiro atoms. The number of H-pyrrole nitrogens is 1. The Hall–Kier alpha value is -2.60. The Morgan fingerprint density at radius 2 is 1.96 bits per heavy atom. The van der Waals surface area contributed by atoms with E-state index >= 15 is 0 Å². The predicted molar refractivity (Wildman–Crippen MR) is 107 cm³/mol. The van der Waals surface area contributed by atoms with Crippen LogP contribution in [0.15, 0.2) is 12.1 Å². The lowest BCUT2D eigenvalue weighted by Gasteiger charge is -2.31. The molecular formula is C21H23ClN2O4. The van der Waals surface area contributed by atoms with Crippen LogP contribution in [0.25, 0.3) is 0 Å². The second kappa shape index (κ2) is 7.80. The topological polar surface area (TPSA) is 79.5 Å². The molecule has 6 nitrogen and oxygen atoms in total. The van der Waals surface area contributed by atoms with Crippen LogP contribution in [0, 0.1) is 13.8 Å². The van der Waals surface area contributed by atoms with Gasteiger partial charge in [-0.1, -0.05) is 11.6 Å². The summed E-state index contributed by atoms with van der Waals surface area (Å²) in [5.74, 6) is -0.908. The number of benzene rings is 1. The molecule has 3 rings (SSSR count). The molecule has 0 saturated heterocycles. The standard InChI is InChI=1S/C21H23ClN2O4/c1-11-8-15(22)9-14-6-5-7-24(20(11)14)17(26)10-16-18(21(27)28-4)12(2)19(23-16)13(3)25/h8-9,23H,5-7,10H2,1-4H3. The largest absolute Gasteiger partial charge is 0.465 e. The minimum absolute atomic E-state index is 0.0277. The number of esters is 1. The zero-order valence-corrected chi connectivity index (χ0v) is 17.2. The van der Waals surface area contributed by atoms with Gasteiger partial charge in [-0.3, -0.25) is 9.59 Å². The number of rotatable bonds is 4. The van der Waals surface area contributed by atoms with E-state index in [0.29, 0.717) is 28.5 Å². The molecule has 0 aliphatic carbocycles. The fraction of sp³-hybridized carbons (Fsp3) is 0.381. The third-order valence-electron chi connectivity index (χ3n) is 5.14. The minimum Gasteiger partial charge on any atom is -0.465 e. The first kappa shape index (κ1) is 20.1. The van der Waals surface area contributed by atoms with Crippen LogP contribution in [0.2, 0.25) is 5.02 Å². The number of Topliss-reactive ketones (excluding diaryl/α,β-unsaturated/α-hetero) is 1. The summed E-state index contributed by atoms with van der Waals surface area (Å²) in [5.41, 5.74) is 4.36. The number of ketones is 1. The maximum atomic E-state index is 13.2. The van der Waals surface area contributed by atoms with Crippen LogP contribution in [0.3, 0.4) is 0 Å². The highest BCUT2D eigenvalue weighted by Gasteiger charge is 2.29. The summed E-state index contributed by atoms with van der Waals surface area (Å²) < 4.78 is 4.86. The maximum absolute atomic E-state index is 13.2. The van der Waals surface area contributed by atoms with Crippen LogP contribution in [0.1, 0.15) is 56.6 Å². The molecule has 2 aromatic rings. The number of nitrogens with one attached hydrogen (secondary N) is 1. The van der Waals surface area contributed by atoms with Crippen LogP contribution in [-0.4, -0.2) is 36.3 Å². The molecule has 1 N–H and O–H groups in total. The summed E-state index contributed by atoms with van der Waals surface area (Å²) in [7, 11) is 1.28. The number of carbonyl (C=O) groups is 3. The van der Waals surface area contributed by atoms with E-state index in [1.807, 2.05) is 19.1 Å². The predicted octanol–water partition coefficient (Wildman–Crippen LogP) is 3.80. The molecule has 148 valence electrons. The second-order valence-corrected chi connectivity index (χ2v) is 7.52. The molecule has 7 heteroatoms. The number of halogens is 1. The van der Waals surface area contributed by atoms with E-state index in [2.05, 4.69) is 4.98 Å². The van der Waals surface area contributed by atoms with Crippen LogP contribution >= 0.6 is 11.6 Å². The molecule has 0 atom stereocenters. The first-order valence-electron chi connectivity index (χ1n) is 9.14. The first-order chi connectivity index (χ1) is 13.2. The van der Waals surface area contributed by atoms with Gasteiger partial charge in [-0.15, -0.1) is 0 Å². The van der Waals surface area contributed by atoms with Crippen LogP contribution in [0.5, 0.6) is 0 Å². The molecule has 1 aliphatic rings. The van der Waals surface area contributed by atoms with Crippen LogP contribution in [0.4, 0.5) is 5.69 Å². The quantitative estimate of drug-likeness (QED) is 0.623. The van der Waals surface area contributed by atoms with E-state index in [4.69, 9.17) is 16.3 Å². The Balaban J connectivity index is 1.98. The van der Waals surface area contributed by atoms with Crippen molar-refractivity contribution >= 4 is 34.9 Å². The SMILES string of the molecule is COC(=O)c1c(CC(=O)N2CCCc3cc(Cl)cc(C)c32)[nH]c(C(C)=O)c1C. The number of methoxy groups -OCH3 is 1. The summed E-state index contributed by atoms with van der Waals surface area (Å²) in [4.78, 5) is 42.0. The highest BCUT2D eigenvalue weighted by Crippen LogP contribution is 2.34. The summed E-state index contributed by atoms with van der Waals surface area (Å²) in [6, 6.07) is 3.74. The molecule has 28 heavy (non-hydrogen) atoms. The van der Waals surface area contributed by atoms with E-state index < -0.39 is 5.97 Å². The van der Waals surface area contributed by atoms with Gasteiger partial charge >= 0.3 is 5.97 Å². The van der Waals surface area contributed by atoms with Gasteiger partial charge in [-0.05, 0) is 55.5 Å². The second-order valence-electron chi connectivity index (χ2n) is 7.08. The summed E-state index contributed by atoms with van der Waals surface area (Å²) in [6.45, 7) is 5.62. The molecule has 1 aromatic carbocycles. The minimum atomic E-state index is -0.564. The maximum Gasteiger partial charge on any atom is 0.339 e. The zero-order chi connectivity index (χ0) is 20.6. The molecule has 0 saturated carbocycles. The number of carbonyl (C=O) groups excluding carboxylic acids is 3. The van der Waals surface area contributed by atoms with Gasteiger partial charge in [-0.25, -0.2) is 4.79 Å². The highest BCUT2D eigenvalue weighted by molar-refractivity contribution is 6.30. The number of hydrogen-bond acceptors (Lipinski definition) is 4. The number of ether oxygens (including phenoxy) is 1. The smallest absolute Gasteiger partial charge is 0.339 e. The van der Waals surface area contributed by atoms with E-state index in [1.165, 1.54) is 14.0 Å². The van der Waals surface area contributed by atoms with Crippen LogP contribution in [-0.2, 0) is 22.4 Å². The van der Waals surface area contributed by atoms with E-state index in [0.717, 1.165) is 29.7 Å². The van der Waals surface area contributed by atoms with Crippen molar-refractivity contribution in [3.8, 4) is 0 Å². The average Bonchev–Trinajstić information content (AvgIpc) is 2.96. The van der Waals surface area contributed by atoms with Gasteiger partial charge in [0.2, 0.25) is 5.91 Å². The molecule has 1 aromatic heterocycles. The van der Waals surface area contributed by atoms with E-state index in [1.54, 1.807) is 11.8 Å². The lowest BCUT2D eigenvalue weighted by molar-refractivity contribution is -0.118. The lowest BCUT2D eigenvalue weighted by Crippen LogP contribution is -2.37. The fourth-order valence-corrected chi connectivity index (χ4v) is 4.23. The van der Waals surface area contributed by atoms with Crippen LogP contribution < -0.4 is 4.90 Å². The Labute approximate surface area is 168 Å².